The van der Waals surface area contributed by atoms with E-state index in [2.05, 4.69) is 16.9 Å². The lowest BCUT2D eigenvalue weighted by Crippen LogP contribution is -2.21. The van der Waals surface area contributed by atoms with Crippen LogP contribution in [0.4, 0.5) is 36.3 Å². The summed E-state index contributed by atoms with van der Waals surface area (Å²) in [6.07, 6.45) is -0.919. The molecule has 0 saturated carbocycles. The van der Waals surface area contributed by atoms with Gasteiger partial charge in [0.05, 0.1) is 6.61 Å². The summed E-state index contributed by atoms with van der Waals surface area (Å²) in [6.45, 7) is 4.73. The van der Waals surface area contributed by atoms with Crippen LogP contribution in [0.3, 0.4) is 0 Å². The minimum atomic E-state index is -4.58. The molecule has 0 atom stereocenters. The maximum absolute atomic E-state index is 13.8. The van der Waals surface area contributed by atoms with E-state index in [1.165, 1.54) is 4.90 Å². The Morgan fingerprint density at radius 3 is 2.03 bits per heavy atom. The van der Waals surface area contributed by atoms with E-state index >= 15 is 0 Å². The Kier molecular flexibility index (Phi) is 7.79. The number of ether oxygens (including phenoxy) is 1. The van der Waals surface area contributed by atoms with Gasteiger partial charge in [-0.15, -0.1) is 0 Å². The fourth-order valence-corrected chi connectivity index (χ4v) is 3.38. The first-order chi connectivity index (χ1) is 15.7. The molecule has 33 heavy (non-hydrogen) atoms. The summed E-state index contributed by atoms with van der Waals surface area (Å²) in [5, 5.41) is 0. The zero-order valence-electron chi connectivity index (χ0n) is 19.4. The van der Waals surface area contributed by atoms with E-state index < -0.39 is 11.7 Å². The number of aromatic nitrogens is 2. The lowest BCUT2D eigenvalue weighted by atomic mass is 10.1. The molecule has 0 saturated heterocycles. The van der Waals surface area contributed by atoms with Gasteiger partial charge in [-0.25, -0.2) is 4.98 Å². The average Bonchev–Trinajstić information content (AvgIpc) is 2.82. The number of hydrogen-bond donors (Lipinski definition) is 0. The van der Waals surface area contributed by atoms with Gasteiger partial charge >= 0.3 is 6.18 Å². The Morgan fingerprint density at radius 1 is 0.848 bits per heavy atom. The van der Waals surface area contributed by atoms with E-state index in [0.29, 0.717) is 12.3 Å². The van der Waals surface area contributed by atoms with Crippen LogP contribution in [-0.4, -0.2) is 30.7 Å². The van der Waals surface area contributed by atoms with Crippen molar-refractivity contribution in [1.82, 2.24) is 9.97 Å². The molecule has 0 aliphatic heterocycles. The second-order valence-electron chi connectivity index (χ2n) is 7.78. The smallest absolute Gasteiger partial charge is 0.421 e. The Balaban J connectivity index is 1.94. The van der Waals surface area contributed by atoms with Crippen molar-refractivity contribution in [3.63, 3.8) is 0 Å². The SMILES string of the molecule is CCCOc1ccc(N(C)c2ncc(C(F)(F)F)c(N(C)c3ccc(CCC)cc3)n2)cc1. The van der Waals surface area contributed by atoms with Gasteiger partial charge in [0.2, 0.25) is 5.95 Å². The summed E-state index contributed by atoms with van der Waals surface area (Å²) in [7, 11) is 3.30. The highest BCUT2D eigenvalue weighted by Gasteiger charge is 2.37. The molecule has 0 unspecified atom stereocenters. The Morgan fingerprint density at radius 2 is 1.45 bits per heavy atom. The standard InChI is InChI=1S/C25H29F3N4O/c1-5-7-18-8-10-19(11-9-18)31(3)23-22(25(26,27)28)17-29-24(30-23)32(4)20-12-14-21(15-13-20)33-16-6-2/h8-15,17H,5-7,16H2,1-4H3. The number of rotatable bonds is 9. The zero-order chi connectivity index (χ0) is 24.0. The van der Waals surface area contributed by atoms with E-state index in [1.807, 2.05) is 55.5 Å². The summed E-state index contributed by atoms with van der Waals surface area (Å²) < 4.78 is 46.9. The van der Waals surface area contributed by atoms with E-state index in [9.17, 15) is 13.2 Å². The van der Waals surface area contributed by atoms with Gasteiger partial charge in [-0.3, -0.25) is 0 Å². The molecule has 3 rings (SSSR count). The number of aryl methyl sites for hydroxylation is 1. The Labute approximate surface area is 192 Å². The molecule has 2 aromatic carbocycles. The van der Waals surface area contributed by atoms with Crippen LogP contribution < -0.4 is 14.5 Å². The van der Waals surface area contributed by atoms with Crippen molar-refractivity contribution in [3.05, 3.63) is 65.9 Å². The maximum Gasteiger partial charge on any atom is 0.421 e. The van der Waals surface area contributed by atoms with E-state index in [-0.39, 0.29) is 11.8 Å². The molecule has 0 bridgehead atoms. The molecule has 0 radical (unpaired) electrons. The molecule has 0 spiro atoms. The fraction of sp³-hybridized carbons (Fsp3) is 0.360. The van der Waals surface area contributed by atoms with E-state index in [4.69, 9.17) is 4.74 Å². The molecule has 1 aromatic heterocycles. The van der Waals surface area contributed by atoms with Gasteiger partial charge in [-0.1, -0.05) is 32.4 Å². The van der Waals surface area contributed by atoms with Crippen LogP contribution in [0.25, 0.3) is 0 Å². The third-order valence-corrected chi connectivity index (χ3v) is 5.24. The van der Waals surface area contributed by atoms with Crippen LogP contribution in [0.15, 0.2) is 54.7 Å². The molecule has 8 heteroatoms. The predicted molar refractivity (Wildman–Crippen MR) is 126 cm³/mol. The second kappa shape index (κ2) is 10.6. The molecule has 0 N–H and O–H groups in total. The van der Waals surface area contributed by atoms with Gasteiger partial charge in [0.1, 0.15) is 11.3 Å². The first kappa shape index (κ1) is 24.4. The minimum Gasteiger partial charge on any atom is -0.494 e. The quantitative estimate of drug-likeness (QED) is 0.354. The highest BCUT2D eigenvalue weighted by atomic mass is 19.4. The molecule has 0 amide bonds. The van der Waals surface area contributed by atoms with Crippen LogP contribution in [0.5, 0.6) is 5.75 Å². The van der Waals surface area contributed by atoms with Crippen molar-refractivity contribution in [2.24, 2.45) is 0 Å². The predicted octanol–water partition coefficient (Wildman–Crippen LogP) is 6.77. The summed E-state index contributed by atoms with van der Waals surface area (Å²) in [6, 6.07) is 14.8. The largest absolute Gasteiger partial charge is 0.494 e. The topological polar surface area (TPSA) is 41.5 Å². The van der Waals surface area contributed by atoms with Gasteiger partial charge in [0.15, 0.2) is 5.82 Å². The number of halogens is 3. The van der Waals surface area contributed by atoms with Crippen LogP contribution in [0, 0.1) is 0 Å². The molecule has 1 heterocycles. The third kappa shape index (κ3) is 5.94. The number of benzene rings is 2. The number of anilines is 4. The monoisotopic (exact) mass is 458 g/mol. The molecular weight excluding hydrogens is 429 g/mol. The summed E-state index contributed by atoms with van der Waals surface area (Å²) in [4.78, 5) is 11.4. The first-order valence-corrected chi connectivity index (χ1v) is 11.0. The van der Waals surface area contributed by atoms with Gasteiger partial charge in [0.25, 0.3) is 0 Å². The second-order valence-corrected chi connectivity index (χ2v) is 7.78. The van der Waals surface area contributed by atoms with Gasteiger partial charge in [-0.2, -0.15) is 18.2 Å². The normalized spacial score (nSPS) is 11.4. The molecule has 0 aliphatic carbocycles. The average molecular weight is 459 g/mol. The molecular formula is C25H29F3N4O. The Hall–Kier alpha value is -3.29. The number of hydrogen-bond acceptors (Lipinski definition) is 5. The van der Waals surface area contributed by atoms with Crippen molar-refractivity contribution < 1.29 is 17.9 Å². The molecule has 3 aromatic rings. The summed E-state index contributed by atoms with van der Waals surface area (Å²) >= 11 is 0. The molecule has 0 aliphatic rings. The minimum absolute atomic E-state index is 0.162. The molecule has 5 nitrogen and oxygen atoms in total. The molecule has 0 fully saturated rings. The zero-order valence-corrected chi connectivity index (χ0v) is 19.4. The summed E-state index contributed by atoms with van der Waals surface area (Å²) in [5.41, 5.74) is 1.60. The van der Waals surface area contributed by atoms with Crippen molar-refractivity contribution >= 4 is 23.1 Å². The van der Waals surface area contributed by atoms with Crippen molar-refractivity contribution in [1.29, 1.82) is 0 Å². The fourth-order valence-electron chi connectivity index (χ4n) is 3.38. The van der Waals surface area contributed by atoms with E-state index in [1.54, 1.807) is 19.0 Å². The highest BCUT2D eigenvalue weighted by Crippen LogP contribution is 2.38. The first-order valence-electron chi connectivity index (χ1n) is 11.0. The lowest BCUT2D eigenvalue weighted by Gasteiger charge is -2.25. The molecule has 176 valence electrons. The highest BCUT2D eigenvalue weighted by molar-refractivity contribution is 5.66. The van der Waals surface area contributed by atoms with Crippen LogP contribution >= 0.6 is 0 Å². The Bertz CT molecular complexity index is 1040. The van der Waals surface area contributed by atoms with Crippen molar-refractivity contribution in [3.8, 4) is 5.75 Å². The van der Waals surface area contributed by atoms with Crippen molar-refractivity contribution in [2.45, 2.75) is 39.3 Å². The summed E-state index contributed by atoms with van der Waals surface area (Å²) in [5.74, 6) is 0.689. The lowest BCUT2D eigenvalue weighted by molar-refractivity contribution is -0.137. The number of alkyl halides is 3. The van der Waals surface area contributed by atoms with Gasteiger partial charge in [0, 0.05) is 31.7 Å². The van der Waals surface area contributed by atoms with Crippen molar-refractivity contribution in [2.75, 3.05) is 30.5 Å². The van der Waals surface area contributed by atoms with Crippen LogP contribution in [-0.2, 0) is 12.6 Å². The van der Waals surface area contributed by atoms with Crippen LogP contribution in [0.1, 0.15) is 37.8 Å². The van der Waals surface area contributed by atoms with E-state index in [0.717, 1.165) is 42.5 Å². The van der Waals surface area contributed by atoms with Crippen LogP contribution in [0.2, 0.25) is 0 Å². The maximum atomic E-state index is 13.8. The van der Waals surface area contributed by atoms with Gasteiger partial charge in [-0.05, 0) is 54.8 Å². The number of nitrogens with zero attached hydrogens (tertiary/aromatic N) is 4. The third-order valence-electron chi connectivity index (χ3n) is 5.24. The van der Waals surface area contributed by atoms with Gasteiger partial charge < -0.3 is 14.5 Å².